The predicted octanol–water partition coefficient (Wildman–Crippen LogP) is 2.84. The molecule has 0 spiro atoms. The molecule has 1 heteroatoms. The van der Waals surface area contributed by atoms with Crippen LogP contribution in [0, 0.1) is 5.92 Å². The second-order valence-electron chi connectivity index (χ2n) is 3.73. The fourth-order valence-corrected chi connectivity index (χ4v) is 1.26. The van der Waals surface area contributed by atoms with Crippen molar-refractivity contribution in [1.82, 2.24) is 0 Å². The average molecular weight is 160 g/mol. The van der Waals surface area contributed by atoms with E-state index in [1.165, 1.54) is 18.4 Å². The first kappa shape index (κ1) is 9.50. The summed E-state index contributed by atoms with van der Waals surface area (Å²) in [7, 11) is 0. The molecule has 64 valence electrons. The molecule has 0 saturated carbocycles. The zero-order chi connectivity index (χ0) is 8.81. The monoisotopic (exact) mass is 160 g/mol. The van der Waals surface area contributed by atoms with E-state index in [9.17, 15) is 0 Å². The van der Waals surface area contributed by atoms with Crippen molar-refractivity contribution in [1.29, 1.82) is 0 Å². The first-order valence-electron chi connectivity index (χ1n) is 4.81. The van der Waals surface area contributed by atoms with E-state index in [-0.39, 0.29) is 0 Å². The van der Waals surface area contributed by atoms with Gasteiger partial charge in [-0.25, -0.2) is 0 Å². The number of hydrogen-bond donors (Lipinski definition) is 0. The molecule has 0 aromatic heterocycles. The molecule has 0 aromatic carbocycles. The van der Waals surface area contributed by atoms with E-state index >= 15 is 0 Å². The fraction of sp³-hybridized carbons (Fsp3) is 0.545. The molecule has 0 saturated heterocycles. The van der Waals surface area contributed by atoms with Crippen LogP contribution in [0.25, 0.3) is 0 Å². The van der Waals surface area contributed by atoms with Gasteiger partial charge in [0.2, 0.25) is 0 Å². The van der Waals surface area contributed by atoms with Crippen molar-refractivity contribution in [2.24, 2.45) is 5.92 Å². The van der Waals surface area contributed by atoms with Gasteiger partial charge in [-0.1, -0.05) is 0 Å². The first-order valence-corrected chi connectivity index (χ1v) is 4.81. The molecule has 0 nitrogen and oxygen atoms in total. The molecule has 0 aromatic rings. The molecule has 0 fully saturated rings. The molecule has 1 aliphatic rings. The van der Waals surface area contributed by atoms with Gasteiger partial charge in [-0.2, -0.15) is 0 Å². The van der Waals surface area contributed by atoms with Gasteiger partial charge < -0.3 is 0 Å². The van der Waals surface area contributed by atoms with Gasteiger partial charge in [0.15, 0.2) is 0 Å². The Hall–Kier alpha value is -0.585. The van der Waals surface area contributed by atoms with Crippen LogP contribution in [-0.2, 0) is 0 Å². The van der Waals surface area contributed by atoms with Gasteiger partial charge in [0.25, 0.3) is 0 Å². The molecule has 1 heterocycles. The predicted molar refractivity (Wildman–Crippen MR) is 57.9 cm³/mol. The summed E-state index contributed by atoms with van der Waals surface area (Å²) in [4.78, 5) is 0. The fourth-order valence-electron chi connectivity index (χ4n) is 1.26. The Morgan fingerprint density at radius 3 is 3.08 bits per heavy atom. The van der Waals surface area contributed by atoms with Crippen LogP contribution in [0.4, 0.5) is 0 Å². The average Bonchev–Trinajstić information content (AvgIpc) is 2.28. The third-order valence-electron chi connectivity index (χ3n) is 2.08. The van der Waals surface area contributed by atoms with Crippen LogP contribution in [0.15, 0.2) is 23.8 Å². The van der Waals surface area contributed by atoms with Crippen LogP contribution in [0.1, 0.15) is 26.7 Å². The Balaban J connectivity index is 2.37. The third-order valence-corrected chi connectivity index (χ3v) is 2.08. The van der Waals surface area contributed by atoms with Crippen molar-refractivity contribution >= 4 is 12.9 Å². The zero-order valence-corrected chi connectivity index (χ0v) is 8.09. The van der Waals surface area contributed by atoms with Crippen molar-refractivity contribution in [3.05, 3.63) is 23.8 Å². The number of rotatable bonds is 3. The van der Waals surface area contributed by atoms with Crippen LogP contribution >= 0.6 is 0 Å². The van der Waals surface area contributed by atoms with E-state index in [1.807, 2.05) is 0 Å². The standard InChI is InChI=1S/C11H17B/c1-10(2)5-6-11-4-3-8-12-9-7-11/h3-4,7-8,10H,5-6,9H2,1-2H3. The Labute approximate surface area is 76.3 Å². The summed E-state index contributed by atoms with van der Waals surface area (Å²) >= 11 is 0. The number of allylic oxidation sites excluding steroid dienone is 4. The van der Waals surface area contributed by atoms with Crippen molar-refractivity contribution < 1.29 is 0 Å². The minimum atomic E-state index is 0.815. The summed E-state index contributed by atoms with van der Waals surface area (Å²) in [6, 6.07) is 0. The van der Waals surface area contributed by atoms with Crippen molar-refractivity contribution in [2.75, 3.05) is 0 Å². The molecule has 12 heavy (non-hydrogen) atoms. The van der Waals surface area contributed by atoms with E-state index in [0.717, 1.165) is 12.2 Å². The molecule has 0 radical (unpaired) electrons. The molecular formula is C11H17B. The second kappa shape index (κ2) is 5.13. The summed E-state index contributed by atoms with van der Waals surface area (Å²) in [6.07, 6.45) is 10.3. The molecule has 0 amide bonds. The molecular weight excluding hydrogens is 143 g/mol. The van der Waals surface area contributed by atoms with E-state index in [0.29, 0.717) is 0 Å². The van der Waals surface area contributed by atoms with Crippen molar-refractivity contribution in [3.63, 3.8) is 0 Å². The Kier molecular flexibility index (Phi) is 4.06. The normalized spacial score (nSPS) is 15.8. The van der Waals surface area contributed by atoms with Gasteiger partial charge in [0.1, 0.15) is 0 Å². The first-order chi connectivity index (χ1) is 5.79. The maximum atomic E-state index is 2.32. The van der Waals surface area contributed by atoms with Gasteiger partial charge in [-0.05, 0) is 0 Å². The quantitative estimate of drug-likeness (QED) is 0.557. The van der Waals surface area contributed by atoms with E-state index < -0.39 is 0 Å². The second-order valence-corrected chi connectivity index (χ2v) is 3.73. The zero-order valence-electron chi connectivity index (χ0n) is 8.09. The van der Waals surface area contributed by atoms with Crippen molar-refractivity contribution in [3.8, 4) is 0 Å². The van der Waals surface area contributed by atoms with E-state index in [2.05, 4.69) is 45.0 Å². The minimum absolute atomic E-state index is 0.815. The van der Waals surface area contributed by atoms with Crippen LogP contribution in [-0.4, -0.2) is 12.9 Å². The van der Waals surface area contributed by atoms with E-state index in [4.69, 9.17) is 0 Å². The molecule has 0 unspecified atom stereocenters. The maximum absolute atomic E-state index is 2.32. The van der Waals surface area contributed by atoms with E-state index in [1.54, 1.807) is 0 Å². The molecule has 1 rings (SSSR count). The Morgan fingerprint density at radius 2 is 2.33 bits per heavy atom. The molecule has 0 bridgehead atoms. The van der Waals surface area contributed by atoms with Crippen LogP contribution < -0.4 is 0 Å². The van der Waals surface area contributed by atoms with Crippen LogP contribution in [0.2, 0.25) is 6.32 Å². The summed E-state index contributed by atoms with van der Waals surface area (Å²) in [6.45, 7) is 6.75. The molecule has 0 N–H and O–H groups in total. The summed E-state index contributed by atoms with van der Waals surface area (Å²) in [5.41, 5.74) is 1.49. The summed E-state index contributed by atoms with van der Waals surface area (Å²) in [5.74, 6) is 2.94. The number of hydrogen-bond acceptors (Lipinski definition) is 0. The van der Waals surface area contributed by atoms with Gasteiger partial charge >= 0.3 is 75.6 Å². The summed E-state index contributed by atoms with van der Waals surface area (Å²) in [5, 5.41) is 0. The molecule has 0 atom stereocenters. The van der Waals surface area contributed by atoms with Gasteiger partial charge in [-0.3, -0.25) is 0 Å². The summed E-state index contributed by atoms with van der Waals surface area (Å²) < 4.78 is 0. The van der Waals surface area contributed by atoms with Crippen molar-refractivity contribution in [2.45, 2.75) is 33.0 Å². The third kappa shape index (κ3) is 3.70. The SMILES string of the molecule is CC(C)CCC1=CCB=CC=C1. The molecule has 0 aliphatic carbocycles. The van der Waals surface area contributed by atoms with Crippen LogP contribution in [0.5, 0.6) is 0 Å². The van der Waals surface area contributed by atoms with Gasteiger partial charge in [-0.15, -0.1) is 0 Å². The van der Waals surface area contributed by atoms with Gasteiger partial charge in [0.05, 0.1) is 0 Å². The Morgan fingerprint density at radius 1 is 1.50 bits per heavy atom. The molecule has 1 aliphatic heterocycles. The Bertz CT molecular complexity index is 209. The van der Waals surface area contributed by atoms with Crippen LogP contribution in [0.3, 0.4) is 0 Å². The topological polar surface area (TPSA) is 0 Å². The van der Waals surface area contributed by atoms with Gasteiger partial charge in [0, 0.05) is 0 Å².